The summed E-state index contributed by atoms with van der Waals surface area (Å²) in [5.74, 6) is 2.46. The van der Waals surface area contributed by atoms with Crippen LogP contribution < -0.4 is 14.8 Å². The first-order valence-corrected chi connectivity index (χ1v) is 10.4. The largest absolute Gasteiger partial charge is 0.497 e. The Labute approximate surface area is 174 Å². The maximum absolute atomic E-state index is 11.9. The molecule has 0 aliphatic rings. The molecule has 0 aliphatic heterocycles. The third kappa shape index (κ3) is 6.80. The van der Waals surface area contributed by atoms with Gasteiger partial charge in [-0.2, -0.15) is 0 Å². The van der Waals surface area contributed by atoms with E-state index in [2.05, 4.69) is 27.6 Å². The van der Waals surface area contributed by atoms with E-state index in [-0.39, 0.29) is 5.91 Å². The Morgan fingerprint density at radius 2 is 1.79 bits per heavy atom. The predicted molar refractivity (Wildman–Crippen MR) is 115 cm³/mol. The van der Waals surface area contributed by atoms with Gasteiger partial charge >= 0.3 is 0 Å². The Bertz CT molecular complexity index is 887. The molecule has 6 nitrogen and oxygen atoms in total. The molecule has 0 aliphatic carbocycles. The van der Waals surface area contributed by atoms with Crippen LogP contribution in [0.3, 0.4) is 0 Å². The number of carbonyl (C=O) groups excluding carboxylic acids is 1. The van der Waals surface area contributed by atoms with E-state index in [1.54, 1.807) is 24.9 Å². The van der Waals surface area contributed by atoms with Crippen molar-refractivity contribution in [3.63, 3.8) is 0 Å². The van der Waals surface area contributed by atoms with Crippen molar-refractivity contribution in [1.82, 2.24) is 15.5 Å². The highest BCUT2D eigenvalue weighted by molar-refractivity contribution is 7.99. The van der Waals surface area contributed by atoms with Crippen LogP contribution in [0.15, 0.2) is 66.7 Å². The van der Waals surface area contributed by atoms with Gasteiger partial charge in [0.1, 0.15) is 12.4 Å². The van der Waals surface area contributed by atoms with Gasteiger partial charge in [-0.05, 0) is 35.9 Å². The van der Waals surface area contributed by atoms with E-state index in [0.717, 1.165) is 22.8 Å². The molecule has 0 atom stereocenters. The summed E-state index contributed by atoms with van der Waals surface area (Å²) in [5, 5.41) is 11.1. The van der Waals surface area contributed by atoms with Crippen molar-refractivity contribution in [2.24, 2.45) is 0 Å². The Hall–Kier alpha value is -3.06. The summed E-state index contributed by atoms with van der Waals surface area (Å²) >= 11 is 1.59. The quantitative estimate of drug-likeness (QED) is 0.516. The van der Waals surface area contributed by atoms with Crippen LogP contribution in [0.4, 0.5) is 0 Å². The minimum Gasteiger partial charge on any atom is -0.497 e. The van der Waals surface area contributed by atoms with Gasteiger partial charge in [0.15, 0.2) is 0 Å². The summed E-state index contributed by atoms with van der Waals surface area (Å²) in [6.45, 7) is 0.762. The zero-order valence-electron chi connectivity index (χ0n) is 16.2. The molecule has 7 heteroatoms. The number of nitrogens with zero attached hydrogens (tertiary/aromatic N) is 2. The van der Waals surface area contributed by atoms with Gasteiger partial charge in [0.25, 0.3) is 0 Å². The van der Waals surface area contributed by atoms with Crippen LogP contribution in [-0.2, 0) is 10.5 Å². The average molecular weight is 410 g/mol. The number of hydrogen-bond donors (Lipinski definition) is 1. The highest BCUT2D eigenvalue weighted by atomic mass is 32.2. The lowest BCUT2D eigenvalue weighted by Crippen LogP contribution is -2.29. The average Bonchev–Trinajstić information content (AvgIpc) is 2.78. The number of benzene rings is 2. The molecule has 1 N–H and O–H groups in total. The molecule has 0 saturated carbocycles. The fraction of sp³-hybridized carbons (Fsp3) is 0.227. The fourth-order valence-electron chi connectivity index (χ4n) is 2.55. The molecule has 1 amide bonds. The van der Waals surface area contributed by atoms with Gasteiger partial charge in [-0.1, -0.05) is 30.3 Å². The summed E-state index contributed by atoms with van der Waals surface area (Å²) in [6.07, 6.45) is 0. The lowest BCUT2D eigenvalue weighted by Gasteiger charge is -2.07. The van der Waals surface area contributed by atoms with E-state index in [9.17, 15) is 4.79 Å². The van der Waals surface area contributed by atoms with E-state index in [1.165, 1.54) is 5.56 Å². The van der Waals surface area contributed by atoms with E-state index in [4.69, 9.17) is 9.47 Å². The zero-order valence-corrected chi connectivity index (χ0v) is 17.0. The predicted octanol–water partition coefficient (Wildman–Crippen LogP) is 3.58. The van der Waals surface area contributed by atoms with Crippen LogP contribution in [-0.4, -0.2) is 42.1 Å². The third-order valence-corrected chi connectivity index (χ3v) is 5.05. The SMILES string of the molecule is COc1ccc(-c2ccc(OCCNC(=O)CSCc3ccccc3)nn2)cc1. The maximum Gasteiger partial charge on any atom is 0.233 e. The molecule has 0 spiro atoms. The maximum atomic E-state index is 11.9. The number of methoxy groups -OCH3 is 1. The number of nitrogens with one attached hydrogen (secondary N) is 1. The third-order valence-electron chi connectivity index (χ3n) is 4.04. The molecule has 2 aromatic carbocycles. The number of carbonyl (C=O) groups is 1. The smallest absolute Gasteiger partial charge is 0.233 e. The van der Waals surface area contributed by atoms with Crippen LogP contribution in [0.1, 0.15) is 5.56 Å². The van der Waals surface area contributed by atoms with Crippen LogP contribution >= 0.6 is 11.8 Å². The fourth-order valence-corrected chi connectivity index (χ4v) is 3.36. The summed E-state index contributed by atoms with van der Waals surface area (Å²) in [4.78, 5) is 11.9. The molecule has 1 heterocycles. The van der Waals surface area contributed by atoms with Crippen molar-refractivity contribution in [3.05, 3.63) is 72.3 Å². The van der Waals surface area contributed by atoms with E-state index in [0.29, 0.717) is 24.8 Å². The van der Waals surface area contributed by atoms with Gasteiger partial charge in [-0.15, -0.1) is 22.0 Å². The topological polar surface area (TPSA) is 73.3 Å². The lowest BCUT2D eigenvalue weighted by atomic mass is 10.1. The minimum atomic E-state index is -0.00420. The number of ether oxygens (including phenoxy) is 2. The van der Waals surface area contributed by atoms with Gasteiger partial charge < -0.3 is 14.8 Å². The van der Waals surface area contributed by atoms with Gasteiger partial charge in [-0.25, -0.2) is 0 Å². The minimum absolute atomic E-state index is 0.00420. The molecule has 1 aromatic heterocycles. The second kappa shape index (κ2) is 11.1. The normalized spacial score (nSPS) is 10.4. The number of aromatic nitrogens is 2. The second-order valence-electron chi connectivity index (χ2n) is 6.16. The first kappa shape index (κ1) is 20.7. The van der Waals surface area contributed by atoms with Crippen molar-refractivity contribution < 1.29 is 14.3 Å². The number of thioether (sulfide) groups is 1. The molecule has 0 fully saturated rings. The summed E-state index contributed by atoms with van der Waals surface area (Å²) < 4.78 is 10.7. The first-order chi connectivity index (χ1) is 14.2. The van der Waals surface area contributed by atoms with Crippen molar-refractivity contribution in [2.45, 2.75) is 5.75 Å². The van der Waals surface area contributed by atoms with Crippen LogP contribution in [0, 0.1) is 0 Å². The van der Waals surface area contributed by atoms with Gasteiger partial charge in [0.05, 0.1) is 25.1 Å². The molecule has 29 heavy (non-hydrogen) atoms. The van der Waals surface area contributed by atoms with E-state index < -0.39 is 0 Å². The number of hydrogen-bond acceptors (Lipinski definition) is 6. The molecule has 3 rings (SSSR count). The van der Waals surface area contributed by atoms with E-state index >= 15 is 0 Å². The Morgan fingerprint density at radius 1 is 1.00 bits per heavy atom. The first-order valence-electron chi connectivity index (χ1n) is 9.24. The van der Waals surface area contributed by atoms with Crippen molar-refractivity contribution in [2.75, 3.05) is 26.0 Å². The molecule has 0 unspecified atom stereocenters. The van der Waals surface area contributed by atoms with Crippen LogP contribution in [0.25, 0.3) is 11.3 Å². The van der Waals surface area contributed by atoms with Crippen LogP contribution in [0.2, 0.25) is 0 Å². The molecule has 0 bridgehead atoms. The van der Waals surface area contributed by atoms with Crippen molar-refractivity contribution >= 4 is 17.7 Å². The van der Waals surface area contributed by atoms with Crippen LogP contribution in [0.5, 0.6) is 11.6 Å². The summed E-state index contributed by atoms with van der Waals surface area (Å²) in [6, 6.07) is 21.3. The number of rotatable bonds is 10. The van der Waals surface area contributed by atoms with E-state index in [1.807, 2.05) is 48.5 Å². The molecule has 0 saturated heterocycles. The summed E-state index contributed by atoms with van der Waals surface area (Å²) in [5.41, 5.74) is 2.92. The molecule has 3 aromatic rings. The van der Waals surface area contributed by atoms with Gasteiger partial charge in [-0.3, -0.25) is 4.79 Å². The molecule has 150 valence electrons. The Morgan fingerprint density at radius 3 is 2.48 bits per heavy atom. The summed E-state index contributed by atoms with van der Waals surface area (Å²) in [7, 11) is 1.63. The van der Waals surface area contributed by atoms with Crippen molar-refractivity contribution in [1.29, 1.82) is 0 Å². The number of amides is 1. The zero-order chi connectivity index (χ0) is 20.3. The van der Waals surface area contributed by atoms with Gasteiger partial charge in [0, 0.05) is 17.4 Å². The molecule has 0 radical (unpaired) electrons. The van der Waals surface area contributed by atoms with Crippen molar-refractivity contribution in [3.8, 4) is 22.9 Å². The molecular formula is C22H23N3O3S. The van der Waals surface area contributed by atoms with Gasteiger partial charge in [0.2, 0.25) is 11.8 Å². The highest BCUT2D eigenvalue weighted by Crippen LogP contribution is 2.21. The standard InChI is InChI=1S/C22H23N3O3S/c1-27-19-9-7-18(8-10-19)20-11-12-22(25-24-20)28-14-13-23-21(26)16-29-15-17-5-3-2-4-6-17/h2-12H,13-16H2,1H3,(H,23,26). The Kier molecular flexibility index (Phi) is 7.89. The second-order valence-corrected chi connectivity index (χ2v) is 7.15. The monoisotopic (exact) mass is 409 g/mol. The highest BCUT2D eigenvalue weighted by Gasteiger charge is 2.04. The molecular weight excluding hydrogens is 386 g/mol. The lowest BCUT2D eigenvalue weighted by molar-refractivity contribution is -0.118. The Balaban J connectivity index is 1.34.